The molecule has 0 saturated carbocycles. The van der Waals surface area contributed by atoms with E-state index in [9.17, 15) is 0 Å². The van der Waals surface area contributed by atoms with Gasteiger partial charge in [-0.25, -0.2) is 0 Å². The maximum absolute atomic E-state index is 4.34. The van der Waals surface area contributed by atoms with Gasteiger partial charge in [0.05, 0.1) is 0 Å². The number of nitrogens with zero attached hydrogens (tertiary/aromatic N) is 4. The summed E-state index contributed by atoms with van der Waals surface area (Å²) in [5, 5.41) is 10.9. The first-order valence-corrected chi connectivity index (χ1v) is 7.76. The Bertz CT molecular complexity index is 377. The highest BCUT2D eigenvalue weighted by atomic mass is 32.1. The van der Waals surface area contributed by atoms with E-state index in [1.54, 1.807) is 11.3 Å². The monoisotopic (exact) mass is 268 g/mol. The van der Waals surface area contributed by atoms with Crippen molar-refractivity contribution >= 4 is 16.5 Å². The molecule has 1 atom stereocenters. The fourth-order valence-electron chi connectivity index (χ4n) is 2.60. The number of rotatable bonds is 4. The molecule has 1 aliphatic rings. The Morgan fingerprint density at radius 1 is 1.33 bits per heavy atom. The second-order valence-electron chi connectivity index (χ2n) is 5.35. The smallest absolute Gasteiger partial charge is 0.208 e. The number of anilines is 1. The zero-order valence-electron chi connectivity index (χ0n) is 11.9. The molecule has 1 aromatic heterocycles. The lowest BCUT2D eigenvalue weighted by atomic mass is 10.1. The van der Waals surface area contributed by atoms with Crippen molar-refractivity contribution in [3.8, 4) is 0 Å². The number of piperazine rings is 1. The van der Waals surface area contributed by atoms with Gasteiger partial charge in [0.15, 0.2) is 0 Å². The maximum atomic E-state index is 4.34. The molecule has 1 aromatic rings. The molecular formula is C13H24N4S. The van der Waals surface area contributed by atoms with Crippen LogP contribution in [0.4, 0.5) is 5.13 Å². The van der Waals surface area contributed by atoms with E-state index < -0.39 is 0 Å². The van der Waals surface area contributed by atoms with E-state index in [-0.39, 0.29) is 0 Å². The van der Waals surface area contributed by atoms with Gasteiger partial charge in [-0.15, -0.1) is 10.2 Å². The summed E-state index contributed by atoms with van der Waals surface area (Å²) in [7, 11) is 0. The summed E-state index contributed by atoms with van der Waals surface area (Å²) in [4.78, 5) is 4.95. The Kier molecular flexibility index (Phi) is 4.56. The highest BCUT2D eigenvalue weighted by Gasteiger charge is 2.27. The maximum Gasteiger partial charge on any atom is 0.208 e. The molecular weight excluding hydrogens is 244 g/mol. The summed E-state index contributed by atoms with van der Waals surface area (Å²) in [6.07, 6.45) is 2.20. The van der Waals surface area contributed by atoms with Gasteiger partial charge in [0.1, 0.15) is 5.01 Å². The molecule has 0 unspecified atom stereocenters. The fraction of sp³-hybridized carbons (Fsp3) is 0.846. The van der Waals surface area contributed by atoms with Crippen molar-refractivity contribution in [1.29, 1.82) is 0 Å². The fourth-order valence-corrected chi connectivity index (χ4v) is 3.58. The van der Waals surface area contributed by atoms with Crippen molar-refractivity contribution in [1.82, 2.24) is 15.1 Å². The van der Waals surface area contributed by atoms with E-state index >= 15 is 0 Å². The van der Waals surface area contributed by atoms with Crippen LogP contribution in [0.15, 0.2) is 0 Å². The molecule has 1 saturated heterocycles. The average molecular weight is 268 g/mol. The van der Waals surface area contributed by atoms with Gasteiger partial charge in [-0.05, 0) is 27.2 Å². The molecule has 18 heavy (non-hydrogen) atoms. The number of hydrogen-bond donors (Lipinski definition) is 0. The van der Waals surface area contributed by atoms with Crippen LogP contribution in [-0.2, 0) is 6.42 Å². The quantitative estimate of drug-likeness (QED) is 0.839. The van der Waals surface area contributed by atoms with Crippen molar-refractivity contribution in [3.63, 3.8) is 0 Å². The van der Waals surface area contributed by atoms with Crippen LogP contribution < -0.4 is 4.90 Å². The van der Waals surface area contributed by atoms with Crippen molar-refractivity contribution < 1.29 is 0 Å². The predicted molar refractivity (Wildman–Crippen MR) is 77.4 cm³/mol. The molecule has 0 aliphatic carbocycles. The van der Waals surface area contributed by atoms with Gasteiger partial charge >= 0.3 is 0 Å². The van der Waals surface area contributed by atoms with Gasteiger partial charge < -0.3 is 4.90 Å². The van der Waals surface area contributed by atoms with E-state index in [0.717, 1.165) is 37.6 Å². The molecule has 1 aliphatic heterocycles. The molecule has 0 N–H and O–H groups in total. The van der Waals surface area contributed by atoms with Crippen LogP contribution in [0, 0.1) is 0 Å². The zero-order valence-corrected chi connectivity index (χ0v) is 12.7. The first-order valence-electron chi connectivity index (χ1n) is 6.95. The van der Waals surface area contributed by atoms with Crippen LogP contribution in [0.2, 0.25) is 0 Å². The summed E-state index contributed by atoms with van der Waals surface area (Å²) >= 11 is 1.76. The van der Waals surface area contributed by atoms with E-state index in [1.165, 1.54) is 5.01 Å². The van der Waals surface area contributed by atoms with Crippen LogP contribution in [0.5, 0.6) is 0 Å². The minimum atomic E-state index is 0.595. The summed E-state index contributed by atoms with van der Waals surface area (Å²) in [5.74, 6) is 0. The van der Waals surface area contributed by atoms with Crippen molar-refractivity contribution in [2.24, 2.45) is 0 Å². The van der Waals surface area contributed by atoms with Crippen LogP contribution in [0.3, 0.4) is 0 Å². The molecule has 4 nitrogen and oxygen atoms in total. The Balaban J connectivity index is 1.98. The highest BCUT2D eigenvalue weighted by Crippen LogP contribution is 2.24. The Morgan fingerprint density at radius 3 is 2.72 bits per heavy atom. The van der Waals surface area contributed by atoms with E-state index in [0.29, 0.717) is 12.1 Å². The molecule has 2 heterocycles. The lowest BCUT2D eigenvalue weighted by Crippen LogP contribution is -2.54. The highest BCUT2D eigenvalue weighted by molar-refractivity contribution is 7.15. The third kappa shape index (κ3) is 3.01. The molecule has 2 rings (SSSR count). The molecule has 0 amide bonds. The molecule has 0 spiro atoms. The Labute approximate surface area is 114 Å². The minimum absolute atomic E-state index is 0.595. The number of aromatic nitrogens is 2. The van der Waals surface area contributed by atoms with E-state index in [1.807, 2.05) is 0 Å². The van der Waals surface area contributed by atoms with Gasteiger partial charge in [-0.2, -0.15) is 0 Å². The first-order chi connectivity index (χ1) is 8.61. The van der Waals surface area contributed by atoms with E-state index in [2.05, 4.69) is 47.7 Å². The summed E-state index contributed by atoms with van der Waals surface area (Å²) in [6.45, 7) is 12.3. The number of hydrogen-bond acceptors (Lipinski definition) is 5. The number of aryl methyl sites for hydroxylation is 1. The average Bonchev–Trinajstić information content (AvgIpc) is 2.77. The van der Waals surface area contributed by atoms with Gasteiger partial charge in [-0.3, -0.25) is 4.90 Å². The van der Waals surface area contributed by atoms with Crippen LogP contribution in [0.1, 0.15) is 39.1 Å². The molecule has 5 heteroatoms. The lowest BCUT2D eigenvalue weighted by Gasteiger charge is -2.41. The third-order valence-electron chi connectivity index (χ3n) is 3.53. The Hall–Kier alpha value is -0.680. The SMILES string of the molecule is CCCc1nnc(N2CCN(C(C)C)[C@H](C)C2)s1. The second kappa shape index (κ2) is 5.97. The standard InChI is InChI=1S/C13H24N4S/c1-5-6-12-14-15-13(18-12)16-7-8-17(10(2)3)11(4)9-16/h10-11H,5-9H2,1-4H3/t11-/m1/s1. The van der Waals surface area contributed by atoms with Crippen molar-refractivity contribution in [2.45, 2.75) is 52.6 Å². The van der Waals surface area contributed by atoms with Gasteiger partial charge in [0.25, 0.3) is 0 Å². The van der Waals surface area contributed by atoms with E-state index in [4.69, 9.17) is 0 Å². The summed E-state index contributed by atoms with van der Waals surface area (Å²) in [5.41, 5.74) is 0. The lowest BCUT2D eigenvalue weighted by molar-refractivity contribution is 0.148. The third-order valence-corrected chi connectivity index (χ3v) is 4.58. The first kappa shape index (κ1) is 13.7. The summed E-state index contributed by atoms with van der Waals surface area (Å²) < 4.78 is 0. The normalized spacial score (nSPS) is 21.8. The van der Waals surface area contributed by atoms with Crippen molar-refractivity contribution in [3.05, 3.63) is 5.01 Å². The zero-order chi connectivity index (χ0) is 13.1. The van der Waals surface area contributed by atoms with Crippen LogP contribution in [-0.4, -0.2) is 46.8 Å². The van der Waals surface area contributed by atoms with Crippen molar-refractivity contribution in [2.75, 3.05) is 24.5 Å². The molecule has 0 aromatic carbocycles. The Morgan fingerprint density at radius 2 is 2.11 bits per heavy atom. The summed E-state index contributed by atoms with van der Waals surface area (Å²) in [6, 6.07) is 1.23. The molecule has 1 fully saturated rings. The molecule has 0 bridgehead atoms. The van der Waals surface area contributed by atoms with Gasteiger partial charge in [-0.1, -0.05) is 18.3 Å². The van der Waals surface area contributed by atoms with Gasteiger partial charge in [0.2, 0.25) is 5.13 Å². The van der Waals surface area contributed by atoms with Crippen LogP contribution >= 0.6 is 11.3 Å². The molecule has 102 valence electrons. The minimum Gasteiger partial charge on any atom is -0.344 e. The molecule has 0 radical (unpaired) electrons. The van der Waals surface area contributed by atoms with Crippen LogP contribution in [0.25, 0.3) is 0 Å². The largest absolute Gasteiger partial charge is 0.344 e. The predicted octanol–water partition coefficient (Wildman–Crippen LogP) is 2.41. The second-order valence-corrected chi connectivity index (χ2v) is 6.40. The topological polar surface area (TPSA) is 32.3 Å². The van der Waals surface area contributed by atoms with Gasteiger partial charge in [0, 0.05) is 38.1 Å².